The van der Waals surface area contributed by atoms with E-state index in [1.807, 2.05) is 38.1 Å². The first-order valence-corrected chi connectivity index (χ1v) is 11.7. The van der Waals surface area contributed by atoms with E-state index in [0.717, 1.165) is 11.1 Å². The molecule has 0 spiro atoms. The summed E-state index contributed by atoms with van der Waals surface area (Å²) in [6.45, 7) is 5.72. The van der Waals surface area contributed by atoms with Crippen LogP contribution in [0.1, 0.15) is 43.6 Å². The first kappa shape index (κ1) is 24.3. The highest BCUT2D eigenvalue weighted by Crippen LogP contribution is 2.37. The number of anilines is 1. The molecule has 1 aromatic carbocycles. The summed E-state index contributed by atoms with van der Waals surface area (Å²) in [6, 6.07) is 11.1. The first-order valence-electron chi connectivity index (χ1n) is 11.7. The topological polar surface area (TPSA) is 105 Å². The van der Waals surface area contributed by atoms with Gasteiger partial charge >= 0.3 is 5.97 Å². The number of esters is 1. The Labute approximate surface area is 204 Å². The van der Waals surface area contributed by atoms with Gasteiger partial charge in [0.05, 0.1) is 31.5 Å². The van der Waals surface area contributed by atoms with E-state index in [9.17, 15) is 9.59 Å². The second-order valence-corrected chi connectivity index (χ2v) is 8.24. The van der Waals surface area contributed by atoms with Crippen molar-refractivity contribution in [2.24, 2.45) is 0 Å². The summed E-state index contributed by atoms with van der Waals surface area (Å²) in [4.78, 5) is 34.5. The van der Waals surface area contributed by atoms with E-state index in [0.29, 0.717) is 42.3 Å². The van der Waals surface area contributed by atoms with Crippen LogP contribution >= 0.6 is 0 Å². The van der Waals surface area contributed by atoms with Crippen molar-refractivity contribution in [3.63, 3.8) is 0 Å². The quantitative estimate of drug-likeness (QED) is 0.490. The molecule has 35 heavy (non-hydrogen) atoms. The second kappa shape index (κ2) is 10.2. The summed E-state index contributed by atoms with van der Waals surface area (Å²) < 4.78 is 17.9. The Kier molecular flexibility index (Phi) is 7.04. The van der Waals surface area contributed by atoms with Crippen LogP contribution in [-0.4, -0.2) is 40.8 Å². The lowest BCUT2D eigenvalue weighted by atomic mass is 10.1. The van der Waals surface area contributed by atoms with Gasteiger partial charge in [-0.3, -0.25) is 14.2 Å². The minimum absolute atomic E-state index is 0.254. The van der Waals surface area contributed by atoms with Crippen molar-refractivity contribution < 1.29 is 19.0 Å². The Morgan fingerprint density at radius 3 is 2.54 bits per heavy atom. The number of fused-ring (bicyclic) bond motifs is 1. The van der Waals surface area contributed by atoms with E-state index in [2.05, 4.69) is 10.3 Å². The van der Waals surface area contributed by atoms with Crippen molar-refractivity contribution in [2.75, 3.05) is 19.5 Å². The molecule has 0 aliphatic heterocycles. The molecule has 184 valence electrons. The molecule has 0 bridgehead atoms. The molecule has 9 heteroatoms. The van der Waals surface area contributed by atoms with E-state index in [1.165, 1.54) is 21.1 Å². The highest BCUT2D eigenvalue weighted by molar-refractivity contribution is 5.68. The average molecular weight is 479 g/mol. The molecular formula is C26H30N4O5. The third-order valence-corrected chi connectivity index (χ3v) is 6.17. The second-order valence-electron chi connectivity index (χ2n) is 8.24. The number of carbonyl (C=O) groups excluding carboxylic acids is 1. The molecule has 3 aromatic rings. The van der Waals surface area contributed by atoms with Gasteiger partial charge in [0, 0.05) is 26.0 Å². The van der Waals surface area contributed by atoms with Crippen molar-refractivity contribution in [1.82, 2.24) is 14.5 Å². The van der Waals surface area contributed by atoms with Crippen LogP contribution in [0, 0.1) is 0 Å². The zero-order valence-corrected chi connectivity index (χ0v) is 20.6. The number of benzene rings is 1. The number of hydrogen-bond donors (Lipinski definition) is 1. The van der Waals surface area contributed by atoms with Crippen LogP contribution in [0.5, 0.6) is 11.8 Å². The number of carbonyl (C=O) groups is 1. The molecule has 0 unspecified atom stereocenters. The van der Waals surface area contributed by atoms with Gasteiger partial charge in [-0.1, -0.05) is 31.2 Å². The maximum absolute atomic E-state index is 13.7. The number of nitrogens with zero attached hydrogens (tertiary/aromatic N) is 3. The molecule has 0 saturated carbocycles. The number of ether oxygens (including phenoxy) is 3. The van der Waals surface area contributed by atoms with Gasteiger partial charge in [0.25, 0.3) is 5.56 Å². The smallest absolute Gasteiger partial charge is 0.302 e. The van der Waals surface area contributed by atoms with Crippen LogP contribution in [0.3, 0.4) is 0 Å². The van der Waals surface area contributed by atoms with Crippen LogP contribution in [0.2, 0.25) is 0 Å². The number of nitrogens with one attached hydrogen (secondary N) is 1. The number of aryl methyl sites for hydroxylation is 1. The van der Waals surface area contributed by atoms with Crippen LogP contribution in [0.4, 0.5) is 5.82 Å². The summed E-state index contributed by atoms with van der Waals surface area (Å²) in [7, 11) is 3.01. The van der Waals surface area contributed by atoms with Gasteiger partial charge in [-0.25, -0.2) is 4.98 Å². The summed E-state index contributed by atoms with van der Waals surface area (Å²) in [5, 5.41) is 3.51. The van der Waals surface area contributed by atoms with Crippen LogP contribution in [0.25, 0.3) is 11.3 Å². The molecule has 2 heterocycles. The van der Waals surface area contributed by atoms with E-state index >= 15 is 0 Å². The number of aromatic nitrogens is 3. The fraction of sp³-hybridized carbons (Fsp3) is 0.385. The van der Waals surface area contributed by atoms with Gasteiger partial charge in [0.2, 0.25) is 11.8 Å². The molecule has 2 aromatic heterocycles. The highest BCUT2D eigenvalue weighted by atomic mass is 16.5. The SMILES string of the molecule is CCc1nc(-c2ccc(OC)nc2OC)c(=O)n(CC)c1N[C@@H]1c2ccccc2C[C@@H]1OC(C)=O. The summed E-state index contributed by atoms with van der Waals surface area (Å²) in [5.41, 5.74) is 3.34. The predicted molar refractivity (Wildman–Crippen MR) is 132 cm³/mol. The highest BCUT2D eigenvalue weighted by Gasteiger charge is 2.36. The molecule has 0 fully saturated rings. The third-order valence-electron chi connectivity index (χ3n) is 6.17. The normalized spacial score (nSPS) is 16.5. The number of hydrogen-bond acceptors (Lipinski definition) is 8. The molecule has 0 radical (unpaired) electrons. The standard InChI is InChI=1S/C26H30N4O5/c1-6-19-24(29-22-17-11-9-8-10-16(17)14-20(22)35-15(3)31)30(7-2)26(32)23(27-19)18-12-13-21(33-4)28-25(18)34-5/h8-13,20,22,29H,6-7,14H2,1-5H3/t20-,22+/m0/s1. The minimum atomic E-state index is -0.388. The molecule has 1 aliphatic carbocycles. The fourth-order valence-corrected chi connectivity index (χ4v) is 4.58. The molecular weight excluding hydrogens is 448 g/mol. The van der Waals surface area contributed by atoms with Crippen molar-refractivity contribution >= 4 is 11.8 Å². The summed E-state index contributed by atoms with van der Waals surface area (Å²) >= 11 is 0. The van der Waals surface area contributed by atoms with Crippen molar-refractivity contribution in [1.29, 1.82) is 0 Å². The monoisotopic (exact) mass is 478 g/mol. The lowest BCUT2D eigenvalue weighted by Crippen LogP contribution is -2.32. The molecule has 4 rings (SSSR count). The lowest BCUT2D eigenvalue weighted by molar-refractivity contribution is -0.146. The molecule has 0 saturated heterocycles. The summed E-state index contributed by atoms with van der Waals surface area (Å²) in [5.74, 6) is 0.916. The van der Waals surface area contributed by atoms with Crippen molar-refractivity contribution in [3.8, 4) is 23.0 Å². The maximum atomic E-state index is 13.7. The molecule has 2 atom stereocenters. The van der Waals surface area contributed by atoms with Gasteiger partial charge in [-0.15, -0.1) is 0 Å². The average Bonchev–Trinajstić information content (AvgIpc) is 3.20. The minimum Gasteiger partial charge on any atom is -0.481 e. The molecule has 1 N–H and O–H groups in total. The van der Waals surface area contributed by atoms with Gasteiger partial charge in [0.15, 0.2) is 0 Å². The number of pyridine rings is 1. The zero-order valence-electron chi connectivity index (χ0n) is 20.6. The van der Waals surface area contributed by atoms with Crippen LogP contribution in [0.15, 0.2) is 41.2 Å². The predicted octanol–water partition coefficient (Wildman–Crippen LogP) is 3.55. The van der Waals surface area contributed by atoms with Crippen LogP contribution in [-0.2, 0) is 28.9 Å². The third kappa shape index (κ3) is 4.58. The van der Waals surface area contributed by atoms with Gasteiger partial charge in [-0.05, 0) is 30.5 Å². The van der Waals surface area contributed by atoms with Crippen LogP contribution < -0.4 is 20.3 Å². The van der Waals surface area contributed by atoms with E-state index < -0.39 is 0 Å². The number of methoxy groups -OCH3 is 2. The van der Waals surface area contributed by atoms with E-state index in [-0.39, 0.29) is 35.2 Å². The summed E-state index contributed by atoms with van der Waals surface area (Å²) in [6.07, 6.45) is 0.792. The molecule has 1 aliphatic rings. The Bertz CT molecular complexity index is 1300. The maximum Gasteiger partial charge on any atom is 0.302 e. The molecule has 0 amide bonds. The first-order chi connectivity index (χ1) is 16.9. The Morgan fingerprint density at radius 2 is 1.89 bits per heavy atom. The lowest BCUT2D eigenvalue weighted by Gasteiger charge is -2.26. The van der Waals surface area contributed by atoms with Crippen molar-refractivity contribution in [2.45, 2.75) is 52.3 Å². The van der Waals surface area contributed by atoms with Gasteiger partial charge in [0.1, 0.15) is 17.6 Å². The van der Waals surface area contributed by atoms with E-state index in [4.69, 9.17) is 19.2 Å². The van der Waals surface area contributed by atoms with E-state index in [1.54, 1.807) is 16.7 Å². The van der Waals surface area contributed by atoms with Gasteiger partial charge < -0.3 is 19.5 Å². The van der Waals surface area contributed by atoms with Crippen molar-refractivity contribution in [3.05, 3.63) is 63.6 Å². The molecule has 9 nitrogen and oxygen atoms in total. The number of rotatable bonds is 8. The Morgan fingerprint density at radius 1 is 1.11 bits per heavy atom. The fourth-order valence-electron chi connectivity index (χ4n) is 4.58. The Hall–Kier alpha value is -3.88. The van der Waals surface area contributed by atoms with Gasteiger partial charge in [-0.2, -0.15) is 4.98 Å². The zero-order chi connectivity index (χ0) is 25.1. The Balaban J connectivity index is 1.83. The largest absolute Gasteiger partial charge is 0.481 e.